The first-order valence-electron chi connectivity index (χ1n) is 11.4. The van der Waals surface area contributed by atoms with Gasteiger partial charge in [0.25, 0.3) is 0 Å². The Hall–Kier alpha value is -2.96. The van der Waals surface area contributed by atoms with E-state index in [0.29, 0.717) is 0 Å². The molecule has 1 aliphatic heterocycles. The van der Waals surface area contributed by atoms with Gasteiger partial charge in [-0.15, -0.1) is 0 Å². The van der Waals surface area contributed by atoms with E-state index in [0.717, 1.165) is 26.7 Å². The Labute approximate surface area is 214 Å². The standard InChI is InChI=1S/C28H27BrN4S/c1-17-8-11-23(15-18(17)2)33-27(26(31-28(33)34)25-7-5-6-14-30-25)24-16-19(3)32(20(24)4)22-12-9-21(29)10-13-22/h5-16,26-27H,1-4H3,(H,31,34)/t26-,27-/m1/s1. The summed E-state index contributed by atoms with van der Waals surface area (Å²) >= 11 is 9.47. The molecule has 1 fully saturated rings. The average molecular weight is 532 g/mol. The van der Waals surface area contributed by atoms with Crippen molar-refractivity contribution in [1.82, 2.24) is 14.9 Å². The van der Waals surface area contributed by atoms with E-state index in [1.807, 2.05) is 18.3 Å². The number of nitrogens with zero attached hydrogens (tertiary/aromatic N) is 3. The van der Waals surface area contributed by atoms with Gasteiger partial charge in [-0.2, -0.15) is 0 Å². The van der Waals surface area contributed by atoms with Crippen LogP contribution in [0.4, 0.5) is 5.69 Å². The van der Waals surface area contributed by atoms with Gasteiger partial charge < -0.3 is 14.8 Å². The lowest BCUT2D eigenvalue weighted by Crippen LogP contribution is -2.29. The minimum Gasteiger partial charge on any atom is -0.351 e. The summed E-state index contributed by atoms with van der Waals surface area (Å²) < 4.78 is 3.39. The molecule has 3 heterocycles. The van der Waals surface area contributed by atoms with Gasteiger partial charge in [-0.1, -0.05) is 28.1 Å². The van der Waals surface area contributed by atoms with Crippen LogP contribution in [0.25, 0.3) is 5.69 Å². The monoisotopic (exact) mass is 530 g/mol. The molecule has 0 unspecified atom stereocenters. The van der Waals surface area contributed by atoms with Crippen LogP contribution in [0.5, 0.6) is 0 Å². The molecule has 0 amide bonds. The molecular weight excluding hydrogens is 504 g/mol. The van der Waals surface area contributed by atoms with E-state index in [2.05, 4.69) is 113 Å². The first kappa shape index (κ1) is 22.8. The number of hydrogen-bond acceptors (Lipinski definition) is 2. The largest absolute Gasteiger partial charge is 0.351 e. The molecule has 34 heavy (non-hydrogen) atoms. The maximum absolute atomic E-state index is 5.92. The van der Waals surface area contributed by atoms with Crippen molar-refractivity contribution in [1.29, 1.82) is 0 Å². The molecule has 0 bridgehead atoms. The summed E-state index contributed by atoms with van der Waals surface area (Å²) in [6.07, 6.45) is 1.85. The fraction of sp³-hybridized carbons (Fsp3) is 0.214. The molecule has 0 radical (unpaired) electrons. The van der Waals surface area contributed by atoms with E-state index in [4.69, 9.17) is 17.2 Å². The van der Waals surface area contributed by atoms with Crippen LogP contribution in [-0.2, 0) is 0 Å². The van der Waals surface area contributed by atoms with Crippen LogP contribution in [0.15, 0.2) is 77.4 Å². The molecule has 0 saturated carbocycles. The Morgan fingerprint density at radius 2 is 1.62 bits per heavy atom. The molecule has 2 atom stereocenters. The highest BCUT2D eigenvalue weighted by Gasteiger charge is 2.42. The highest BCUT2D eigenvalue weighted by molar-refractivity contribution is 9.10. The second-order valence-electron chi connectivity index (χ2n) is 8.90. The minimum atomic E-state index is -0.0609. The zero-order valence-corrected chi connectivity index (χ0v) is 22.1. The Kier molecular flexibility index (Phi) is 6.04. The van der Waals surface area contributed by atoms with Gasteiger partial charge in [0.15, 0.2) is 5.11 Å². The first-order valence-corrected chi connectivity index (χ1v) is 12.6. The van der Waals surface area contributed by atoms with Gasteiger partial charge in [-0.3, -0.25) is 4.98 Å². The van der Waals surface area contributed by atoms with Crippen LogP contribution in [0.1, 0.15) is 45.9 Å². The van der Waals surface area contributed by atoms with Crippen LogP contribution in [0.3, 0.4) is 0 Å². The topological polar surface area (TPSA) is 33.1 Å². The van der Waals surface area contributed by atoms with E-state index in [9.17, 15) is 0 Å². The number of thiocarbonyl (C=S) groups is 1. The fourth-order valence-corrected chi connectivity index (χ4v) is 5.51. The van der Waals surface area contributed by atoms with Crippen LogP contribution >= 0.6 is 28.1 Å². The molecule has 0 aliphatic carbocycles. The van der Waals surface area contributed by atoms with Crippen molar-refractivity contribution in [2.75, 3.05) is 4.90 Å². The van der Waals surface area contributed by atoms with Crippen molar-refractivity contribution in [2.45, 2.75) is 39.8 Å². The van der Waals surface area contributed by atoms with Crippen LogP contribution in [0, 0.1) is 27.7 Å². The summed E-state index contributed by atoms with van der Waals surface area (Å²) in [7, 11) is 0. The van der Waals surface area contributed by atoms with Crippen molar-refractivity contribution in [2.24, 2.45) is 0 Å². The summed E-state index contributed by atoms with van der Waals surface area (Å²) in [6.45, 7) is 8.64. The number of hydrogen-bond donors (Lipinski definition) is 1. The summed E-state index contributed by atoms with van der Waals surface area (Å²) in [6, 6.07) is 23.3. The van der Waals surface area contributed by atoms with Gasteiger partial charge in [-0.25, -0.2) is 0 Å². The summed E-state index contributed by atoms with van der Waals surface area (Å²) in [5, 5.41) is 4.30. The Bertz CT molecular complexity index is 1360. The molecule has 172 valence electrons. The zero-order chi connectivity index (χ0) is 24.0. The molecule has 2 aromatic carbocycles. The molecule has 5 rings (SSSR count). The molecular formula is C28H27BrN4S. The molecule has 4 aromatic rings. The second kappa shape index (κ2) is 9.01. The number of halogens is 1. The number of rotatable bonds is 4. The predicted molar refractivity (Wildman–Crippen MR) is 147 cm³/mol. The van der Waals surface area contributed by atoms with E-state index in [1.165, 1.54) is 28.1 Å². The third kappa shape index (κ3) is 3.95. The van der Waals surface area contributed by atoms with Crippen molar-refractivity contribution in [3.8, 4) is 5.69 Å². The fourth-order valence-electron chi connectivity index (χ4n) is 4.90. The number of pyridine rings is 1. The summed E-state index contributed by atoms with van der Waals surface area (Å²) in [5.41, 5.74) is 9.37. The first-order chi connectivity index (χ1) is 16.3. The molecule has 2 aromatic heterocycles. The van der Waals surface area contributed by atoms with Crippen molar-refractivity contribution in [3.05, 3.63) is 111 Å². The molecule has 0 spiro atoms. The quantitative estimate of drug-likeness (QED) is 0.286. The van der Waals surface area contributed by atoms with E-state index < -0.39 is 0 Å². The maximum Gasteiger partial charge on any atom is 0.174 e. The average Bonchev–Trinajstić information content (AvgIpc) is 3.32. The number of anilines is 1. The number of nitrogens with one attached hydrogen (secondary N) is 1. The molecule has 6 heteroatoms. The lowest BCUT2D eigenvalue weighted by molar-refractivity contribution is 0.565. The SMILES string of the molecule is Cc1ccc(N2C(=S)N[C@H](c3ccccn3)[C@H]2c2cc(C)n(-c3ccc(Br)cc3)c2C)cc1C. The van der Waals surface area contributed by atoms with Crippen molar-refractivity contribution >= 4 is 38.9 Å². The van der Waals surface area contributed by atoms with Crippen LogP contribution in [0.2, 0.25) is 0 Å². The Morgan fingerprint density at radius 1 is 0.882 bits per heavy atom. The third-order valence-corrected chi connectivity index (χ3v) is 7.58. The predicted octanol–water partition coefficient (Wildman–Crippen LogP) is 7.05. The number of aromatic nitrogens is 2. The van der Waals surface area contributed by atoms with E-state index >= 15 is 0 Å². The zero-order valence-electron chi connectivity index (χ0n) is 19.7. The Morgan fingerprint density at radius 3 is 2.29 bits per heavy atom. The molecule has 1 saturated heterocycles. The van der Waals surface area contributed by atoms with E-state index in [-0.39, 0.29) is 12.1 Å². The van der Waals surface area contributed by atoms with Gasteiger partial charge in [0.2, 0.25) is 0 Å². The molecule has 1 aliphatic rings. The van der Waals surface area contributed by atoms with Gasteiger partial charge >= 0.3 is 0 Å². The molecule has 4 nitrogen and oxygen atoms in total. The second-order valence-corrected chi connectivity index (χ2v) is 10.2. The van der Waals surface area contributed by atoms with E-state index in [1.54, 1.807) is 0 Å². The van der Waals surface area contributed by atoms with Crippen LogP contribution < -0.4 is 10.2 Å². The van der Waals surface area contributed by atoms with Crippen molar-refractivity contribution in [3.63, 3.8) is 0 Å². The molecule has 1 N–H and O–H groups in total. The van der Waals surface area contributed by atoms with Crippen molar-refractivity contribution < 1.29 is 0 Å². The van der Waals surface area contributed by atoms with Gasteiger partial charge in [0.1, 0.15) is 0 Å². The Balaban J connectivity index is 1.68. The number of aryl methyl sites for hydroxylation is 3. The maximum atomic E-state index is 5.92. The summed E-state index contributed by atoms with van der Waals surface area (Å²) in [5.74, 6) is 0. The lowest BCUT2D eigenvalue weighted by atomic mass is 9.96. The summed E-state index contributed by atoms with van der Waals surface area (Å²) in [4.78, 5) is 6.96. The minimum absolute atomic E-state index is 0.0279. The van der Waals surface area contributed by atoms with Gasteiger partial charge in [0, 0.05) is 33.4 Å². The normalized spacial score (nSPS) is 17.8. The van der Waals surface area contributed by atoms with Gasteiger partial charge in [-0.05, 0) is 111 Å². The van der Waals surface area contributed by atoms with Crippen LogP contribution in [-0.4, -0.2) is 14.7 Å². The number of benzene rings is 2. The third-order valence-electron chi connectivity index (χ3n) is 6.74. The highest BCUT2D eigenvalue weighted by atomic mass is 79.9. The lowest BCUT2D eigenvalue weighted by Gasteiger charge is -2.28. The smallest absolute Gasteiger partial charge is 0.174 e. The van der Waals surface area contributed by atoms with Gasteiger partial charge in [0.05, 0.1) is 17.8 Å². The highest BCUT2D eigenvalue weighted by Crippen LogP contribution is 2.44.